The lowest BCUT2D eigenvalue weighted by atomic mass is 9.86. The monoisotopic (exact) mass is 410 g/mol. The van der Waals surface area contributed by atoms with E-state index in [9.17, 15) is 13.6 Å². The Morgan fingerprint density at radius 3 is 2.73 bits per heavy atom. The summed E-state index contributed by atoms with van der Waals surface area (Å²) in [5.74, 6) is -0.572. The Hall–Kier alpha value is -3.13. The molecule has 2 aliphatic rings. The lowest BCUT2D eigenvalue weighted by molar-refractivity contribution is 0.0639. The second kappa shape index (κ2) is 7.60. The molecule has 6 nitrogen and oxygen atoms in total. The first-order valence-electron chi connectivity index (χ1n) is 9.93. The molecule has 1 saturated heterocycles. The SMILES string of the molecule is O=C1c2cc(-c3nnc(C(F)F)o3)ccc2CN1[C@@H]1CCNC[C@@H]1c1ccccc1. The van der Waals surface area contributed by atoms with Gasteiger partial charge >= 0.3 is 6.43 Å². The van der Waals surface area contributed by atoms with Crippen molar-refractivity contribution in [3.63, 3.8) is 0 Å². The fourth-order valence-electron chi connectivity index (χ4n) is 4.42. The zero-order valence-electron chi connectivity index (χ0n) is 16.1. The highest BCUT2D eigenvalue weighted by Crippen LogP contribution is 2.35. The van der Waals surface area contributed by atoms with Gasteiger partial charge in [-0.15, -0.1) is 10.2 Å². The number of carbonyl (C=O) groups is 1. The van der Waals surface area contributed by atoms with Crippen LogP contribution in [-0.4, -0.2) is 40.1 Å². The summed E-state index contributed by atoms with van der Waals surface area (Å²) in [6, 6.07) is 15.6. The molecule has 0 bridgehead atoms. The number of piperidine rings is 1. The predicted molar refractivity (Wildman–Crippen MR) is 105 cm³/mol. The van der Waals surface area contributed by atoms with Gasteiger partial charge in [0.05, 0.1) is 0 Å². The van der Waals surface area contributed by atoms with Gasteiger partial charge in [0.15, 0.2) is 0 Å². The van der Waals surface area contributed by atoms with Crippen LogP contribution in [0.25, 0.3) is 11.5 Å². The molecule has 2 aliphatic heterocycles. The number of carbonyl (C=O) groups excluding carboxylic acids is 1. The Kier molecular flexibility index (Phi) is 4.78. The van der Waals surface area contributed by atoms with Crippen LogP contribution in [0.5, 0.6) is 0 Å². The highest BCUT2D eigenvalue weighted by Gasteiger charge is 2.38. The Morgan fingerprint density at radius 2 is 1.97 bits per heavy atom. The van der Waals surface area contributed by atoms with Crippen molar-refractivity contribution in [2.75, 3.05) is 13.1 Å². The Bertz CT molecular complexity index is 1070. The molecule has 1 fully saturated rings. The zero-order chi connectivity index (χ0) is 20.7. The van der Waals surface area contributed by atoms with Crippen LogP contribution in [0, 0.1) is 0 Å². The van der Waals surface area contributed by atoms with Gasteiger partial charge in [0.25, 0.3) is 11.8 Å². The molecule has 8 heteroatoms. The minimum Gasteiger partial charge on any atom is -0.415 e. The number of alkyl halides is 2. The van der Waals surface area contributed by atoms with Crippen LogP contribution in [0.2, 0.25) is 0 Å². The summed E-state index contributed by atoms with van der Waals surface area (Å²) in [4.78, 5) is 15.2. The van der Waals surface area contributed by atoms with Crippen LogP contribution < -0.4 is 5.32 Å². The minimum absolute atomic E-state index is 0.0108. The van der Waals surface area contributed by atoms with Crippen LogP contribution in [0.3, 0.4) is 0 Å². The van der Waals surface area contributed by atoms with E-state index < -0.39 is 12.3 Å². The van der Waals surface area contributed by atoms with E-state index in [0.717, 1.165) is 25.1 Å². The maximum atomic E-state index is 13.3. The first-order chi connectivity index (χ1) is 14.6. The van der Waals surface area contributed by atoms with E-state index in [0.29, 0.717) is 17.7 Å². The van der Waals surface area contributed by atoms with Gasteiger partial charge in [-0.3, -0.25) is 4.79 Å². The molecule has 2 atom stereocenters. The maximum Gasteiger partial charge on any atom is 0.314 e. The molecule has 1 aromatic heterocycles. The second-order valence-corrected chi connectivity index (χ2v) is 7.63. The van der Waals surface area contributed by atoms with Gasteiger partial charge in [-0.2, -0.15) is 8.78 Å². The number of nitrogens with zero attached hydrogens (tertiary/aromatic N) is 3. The second-order valence-electron chi connectivity index (χ2n) is 7.63. The number of nitrogens with one attached hydrogen (secondary N) is 1. The van der Waals surface area contributed by atoms with Crippen LogP contribution in [0.1, 0.15) is 46.1 Å². The van der Waals surface area contributed by atoms with Crippen molar-refractivity contribution in [3.05, 3.63) is 71.1 Å². The van der Waals surface area contributed by atoms with Gasteiger partial charge in [0, 0.05) is 36.2 Å². The Labute approximate surface area is 171 Å². The topological polar surface area (TPSA) is 71.3 Å². The first kappa shape index (κ1) is 18.9. The lowest BCUT2D eigenvalue weighted by Gasteiger charge is -2.38. The summed E-state index contributed by atoms with van der Waals surface area (Å²) < 4.78 is 30.5. The number of hydrogen-bond acceptors (Lipinski definition) is 5. The Morgan fingerprint density at radius 1 is 1.13 bits per heavy atom. The zero-order valence-corrected chi connectivity index (χ0v) is 16.1. The molecule has 0 spiro atoms. The summed E-state index contributed by atoms with van der Waals surface area (Å²) >= 11 is 0. The molecule has 154 valence electrons. The number of amides is 1. The van der Waals surface area contributed by atoms with Gasteiger partial charge in [-0.05, 0) is 36.2 Å². The Balaban J connectivity index is 1.43. The van der Waals surface area contributed by atoms with Crippen molar-refractivity contribution in [2.45, 2.75) is 31.4 Å². The number of benzene rings is 2. The minimum atomic E-state index is -2.83. The molecule has 1 amide bonds. The molecule has 2 aromatic carbocycles. The summed E-state index contributed by atoms with van der Waals surface area (Å²) in [7, 11) is 0. The normalized spacial score (nSPS) is 21.3. The van der Waals surface area contributed by atoms with Gasteiger partial charge in [-0.1, -0.05) is 36.4 Å². The molecule has 1 N–H and O–H groups in total. The van der Waals surface area contributed by atoms with E-state index in [1.165, 1.54) is 5.56 Å². The van der Waals surface area contributed by atoms with E-state index in [1.54, 1.807) is 12.1 Å². The van der Waals surface area contributed by atoms with Crippen molar-refractivity contribution in [1.82, 2.24) is 20.4 Å². The van der Waals surface area contributed by atoms with Crippen LogP contribution in [0.4, 0.5) is 8.78 Å². The molecule has 5 rings (SSSR count). The third-order valence-electron chi connectivity index (χ3n) is 5.89. The number of hydrogen-bond donors (Lipinski definition) is 1. The van der Waals surface area contributed by atoms with Gasteiger partial charge in [-0.25, -0.2) is 0 Å². The van der Waals surface area contributed by atoms with E-state index in [-0.39, 0.29) is 23.8 Å². The summed E-state index contributed by atoms with van der Waals surface area (Å²) in [6.45, 7) is 2.21. The van der Waals surface area contributed by atoms with Crippen LogP contribution in [0.15, 0.2) is 52.9 Å². The highest BCUT2D eigenvalue weighted by atomic mass is 19.3. The van der Waals surface area contributed by atoms with Crippen molar-refractivity contribution in [1.29, 1.82) is 0 Å². The van der Waals surface area contributed by atoms with Crippen molar-refractivity contribution >= 4 is 5.91 Å². The molecular formula is C22H20F2N4O2. The van der Waals surface area contributed by atoms with Crippen molar-refractivity contribution < 1.29 is 18.0 Å². The number of halogens is 2. The third-order valence-corrected chi connectivity index (χ3v) is 5.89. The smallest absolute Gasteiger partial charge is 0.314 e. The quantitative estimate of drug-likeness (QED) is 0.709. The predicted octanol–water partition coefficient (Wildman–Crippen LogP) is 3.78. The van der Waals surface area contributed by atoms with Crippen LogP contribution >= 0.6 is 0 Å². The molecule has 30 heavy (non-hydrogen) atoms. The third kappa shape index (κ3) is 3.27. The summed E-state index contributed by atoms with van der Waals surface area (Å²) in [5, 5.41) is 10.5. The summed E-state index contributed by atoms with van der Waals surface area (Å²) in [6.07, 6.45) is -1.96. The largest absolute Gasteiger partial charge is 0.415 e. The van der Waals surface area contributed by atoms with Gasteiger partial charge in [0.2, 0.25) is 5.89 Å². The standard InChI is InChI=1S/C22H20F2N4O2/c23-19(24)21-27-26-20(30-21)14-6-7-15-12-28(22(29)16(15)10-14)18-8-9-25-11-17(18)13-4-2-1-3-5-13/h1-7,10,17-19,25H,8-9,11-12H2/t17-,18-/m1/s1. The van der Waals surface area contributed by atoms with E-state index in [4.69, 9.17) is 4.42 Å². The number of aromatic nitrogens is 2. The first-order valence-corrected chi connectivity index (χ1v) is 9.93. The van der Waals surface area contributed by atoms with E-state index in [2.05, 4.69) is 27.6 Å². The van der Waals surface area contributed by atoms with Crippen molar-refractivity contribution in [3.8, 4) is 11.5 Å². The fourth-order valence-corrected chi connectivity index (χ4v) is 4.42. The van der Waals surface area contributed by atoms with Crippen LogP contribution in [-0.2, 0) is 6.54 Å². The number of fused-ring (bicyclic) bond motifs is 1. The summed E-state index contributed by atoms with van der Waals surface area (Å²) in [5.41, 5.74) is 3.16. The molecule has 0 unspecified atom stereocenters. The van der Waals surface area contributed by atoms with Gasteiger partial charge < -0.3 is 14.6 Å². The average Bonchev–Trinajstić information content (AvgIpc) is 3.40. The molecule has 0 aliphatic carbocycles. The molecular weight excluding hydrogens is 390 g/mol. The lowest BCUT2D eigenvalue weighted by Crippen LogP contribution is -2.48. The maximum absolute atomic E-state index is 13.3. The average molecular weight is 410 g/mol. The van der Waals surface area contributed by atoms with E-state index >= 15 is 0 Å². The molecule has 0 radical (unpaired) electrons. The molecule has 3 aromatic rings. The fraction of sp³-hybridized carbons (Fsp3) is 0.318. The molecule has 0 saturated carbocycles. The number of rotatable bonds is 4. The highest BCUT2D eigenvalue weighted by molar-refractivity contribution is 5.99. The van der Waals surface area contributed by atoms with Crippen molar-refractivity contribution in [2.24, 2.45) is 0 Å². The van der Waals surface area contributed by atoms with Gasteiger partial charge in [0.1, 0.15) is 0 Å². The molecule has 3 heterocycles. The van der Waals surface area contributed by atoms with E-state index in [1.807, 2.05) is 29.2 Å².